The van der Waals surface area contributed by atoms with Crippen LogP contribution in [0.5, 0.6) is 0 Å². The van der Waals surface area contributed by atoms with E-state index in [2.05, 4.69) is 10.6 Å². The third-order valence-electron chi connectivity index (χ3n) is 3.68. The van der Waals surface area contributed by atoms with Crippen LogP contribution in [0.25, 0.3) is 0 Å². The van der Waals surface area contributed by atoms with Crippen LogP contribution in [0.3, 0.4) is 0 Å². The first-order valence-electron chi connectivity index (χ1n) is 6.90. The highest BCUT2D eigenvalue weighted by molar-refractivity contribution is 5.79. The Balaban J connectivity index is 1.84. The van der Waals surface area contributed by atoms with E-state index in [0.717, 1.165) is 37.1 Å². The fraction of sp³-hybridized carbons (Fsp3) is 0.533. The van der Waals surface area contributed by atoms with Crippen molar-refractivity contribution in [2.45, 2.75) is 25.9 Å². The lowest BCUT2D eigenvalue weighted by molar-refractivity contribution is -0.125. The fourth-order valence-corrected chi connectivity index (χ4v) is 2.49. The topological polar surface area (TPSA) is 61.4 Å². The zero-order valence-electron chi connectivity index (χ0n) is 11.4. The fourth-order valence-electron chi connectivity index (χ4n) is 2.49. The van der Waals surface area contributed by atoms with Crippen LogP contribution >= 0.6 is 0 Å². The molecule has 4 nitrogen and oxygen atoms in total. The first-order valence-corrected chi connectivity index (χ1v) is 6.90. The van der Waals surface area contributed by atoms with Crippen molar-refractivity contribution in [1.82, 2.24) is 10.6 Å². The number of carbonyl (C=O) groups excluding carboxylic acids is 1. The monoisotopic (exact) mass is 262 g/mol. The summed E-state index contributed by atoms with van der Waals surface area (Å²) in [6.45, 7) is 3.98. The summed E-state index contributed by atoms with van der Waals surface area (Å²) < 4.78 is 0. The molecule has 1 aromatic carbocycles. The summed E-state index contributed by atoms with van der Waals surface area (Å²) >= 11 is 0. The molecule has 1 heterocycles. The van der Waals surface area contributed by atoms with Crippen molar-refractivity contribution in [3.05, 3.63) is 35.4 Å². The number of nitrogens with one attached hydrogen (secondary N) is 2. The van der Waals surface area contributed by atoms with Crippen LogP contribution in [0.15, 0.2) is 24.3 Å². The molecule has 1 aromatic rings. The first-order chi connectivity index (χ1) is 9.18. The van der Waals surface area contributed by atoms with Crippen molar-refractivity contribution < 1.29 is 9.90 Å². The van der Waals surface area contributed by atoms with Crippen molar-refractivity contribution in [2.24, 2.45) is 5.92 Å². The van der Waals surface area contributed by atoms with Gasteiger partial charge in [-0.3, -0.25) is 4.79 Å². The van der Waals surface area contributed by atoms with E-state index in [0.29, 0.717) is 0 Å². The Labute approximate surface area is 114 Å². The molecule has 2 atom stereocenters. The smallest absolute Gasteiger partial charge is 0.224 e. The van der Waals surface area contributed by atoms with E-state index >= 15 is 0 Å². The van der Waals surface area contributed by atoms with E-state index in [1.165, 1.54) is 0 Å². The van der Waals surface area contributed by atoms with Gasteiger partial charge >= 0.3 is 0 Å². The maximum atomic E-state index is 12.0. The predicted octanol–water partition coefficient (Wildman–Crippen LogP) is 1.14. The van der Waals surface area contributed by atoms with Crippen LogP contribution < -0.4 is 10.6 Å². The van der Waals surface area contributed by atoms with Crippen LogP contribution in [0.1, 0.15) is 30.1 Å². The molecule has 1 amide bonds. The minimum Gasteiger partial charge on any atom is -0.387 e. The summed E-state index contributed by atoms with van der Waals surface area (Å²) in [5, 5.41) is 16.2. The number of amides is 1. The largest absolute Gasteiger partial charge is 0.387 e. The van der Waals surface area contributed by atoms with E-state index < -0.39 is 6.10 Å². The van der Waals surface area contributed by atoms with Crippen LogP contribution in [0.2, 0.25) is 0 Å². The second-order valence-electron chi connectivity index (χ2n) is 5.16. The lowest BCUT2D eigenvalue weighted by Gasteiger charge is -2.23. The lowest BCUT2D eigenvalue weighted by atomic mass is 9.98. The van der Waals surface area contributed by atoms with E-state index in [9.17, 15) is 9.90 Å². The maximum Gasteiger partial charge on any atom is 0.224 e. The van der Waals surface area contributed by atoms with Gasteiger partial charge < -0.3 is 15.7 Å². The van der Waals surface area contributed by atoms with Crippen molar-refractivity contribution in [1.29, 1.82) is 0 Å². The number of aryl methyl sites for hydroxylation is 1. The predicted molar refractivity (Wildman–Crippen MR) is 74.7 cm³/mol. The normalized spacial score (nSPS) is 20.8. The number of aliphatic hydroxyl groups is 1. The molecule has 1 aliphatic rings. The Bertz CT molecular complexity index is 428. The summed E-state index contributed by atoms with van der Waals surface area (Å²) in [6.07, 6.45) is 1.33. The van der Waals surface area contributed by atoms with Gasteiger partial charge in [0.15, 0.2) is 0 Å². The molecule has 0 aliphatic carbocycles. The molecular weight excluding hydrogens is 240 g/mol. The summed E-state index contributed by atoms with van der Waals surface area (Å²) in [5.74, 6) is 0.0812. The minimum atomic E-state index is -0.637. The van der Waals surface area contributed by atoms with Gasteiger partial charge in [-0.25, -0.2) is 0 Å². The first kappa shape index (κ1) is 14.0. The quantitative estimate of drug-likeness (QED) is 0.762. The van der Waals surface area contributed by atoms with Crippen molar-refractivity contribution in [3.8, 4) is 0 Å². The number of benzene rings is 1. The van der Waals surface area contributed by atoms with Crippen molar-refractivity contribution >= 4 is 5.91 Å². The molecule has 1 fully saturated rings. The third-order valence-corrected chi connectivity index (χ3v) is 3.68. The van der Waals surface area contributed by atoms with E-state index in [4.69, 9.17) is 0 Å². The Kier molecular flexibility index (Phi) is 4.93. The number of carbonyl (C=O) groups is 1. The van der Waals surface area contributed by atoms with Gasteiger partial charge in [-0.1, -0.05) is 24.3 Å². The van der Waals surface area contributed by atoms with Gasteiger partial charge in [0.2, 0.25) is 5.91 Å². The average molecular weight is 262 g/mol. The molecule has 104 valence electrons. The SMILES string of the molecule is Cc1ccccc1[C@@H](O)CNC(=O)[C@H]1CCCNC1. The average Bonchev–Trinajstić information content (AvgIpc) is 2.46. The highest BCUT2D eigenvalue weighted by atomic mass is 16.3. The summed E-state index contributed by atoms with van der Waals surface area (Å²) in [6, 6.07) is 7.70. The molecule has 3 N–H and O–H groups in total. The Morgan fingerprint density at radius 2 is 2.32 bits per heavy atom. The minimum absolute atomic E-state index is 0.0396. The van der Waals surface area contributed by atoms with Crippen LogP contribution in [0, 0.1) is 12.8 Å². The summed E-state index contributed by atoms with van der Waals surface area (Å²) in [7, 11) is 0. The number of aliphatic hydroxyl groups excluding tert-OH is 1. The van der Waals surface area contributed by atoms with E-state index in [1.54, 1.807) is 0 Å². The zero-order valence-corrected chi connectivity index (χ0v) is 11.4. The van der Waals surface area contributed by atoms with Gasteiger partial charge in [-0.15, -0.1) is 0 Å². The second-order valence-corrected chi connectivity index (χ2v) is 5.16. The molecular formula is C15H22N2O2. The molecule has 0 radical (unpaired) electrons. The molecule has 0 unspecified atom stereocenters. The molecule has 2 rings (SSSR count). The number of rotatable bonds is 4. The molecule has 19 heavy (non-hydrogen) atoms. The number of hydrogen-bond donors (Lipinski definition) is 3. The Morgan fingerprint density at radius 1 is 1.53 bits per heavy atom. The number of piperidine rings is 1. The zero-order chi connectivity index (χ0) is 13.7. The van der Waals surface area contributed by atoms with Crippen LogP contribution in [-0.2, 0) is 4.79 Å². The van der Waals surface area contributed by atoms with Gasteiger partial charge in [0.1, 0.15) is 0 Å². The molecule has 4 heteroatoms. The van der Waals surface area contributed by atoms with Crippen molar-refractivity contribution in [2.75, 3.05) is 19.6 Å². The molecule has 0 aromatic heterocycles. The highest BCUT2D eigenvalue weighted by Gasteiger charge is 2.21. The standard InChI is InChI=1S/C15H22N2O2/c1-11-5-2-3-7-13(11)14(18)10-17-15(19)12-6-4-8-16-9-12/h2-3,5,7,12,14,16,18H,4,6,8-10H2,1H3,(H,17,19)/t12-,14-/m0/s1. The van der Waals surface area contributed by atoms with Crippen molar-refractivity contribution in [3.63, 3.8) is 0 Å². The van der Waals surface area contributed by atoms with Gasteiger partial charge in [-0.05, 0) is 37.4 Å². The molecule has 0 saturated carbocycles. The van der Waals surface area contributed by atoms with Crippen LogP contribution in [-0.4, -0.2) is 30.6 Å². The van der Waals surface area contributed by atoms with E-state index in [1.807, 2.05) is 31.2 Å². The van der Waals surface area contributed by atoms with Gasteiger partial charge in [0.25, 0.3) is 0 Å². The Hall–Kier alpha value is -1.39. The highest BCUT2D eigenvalue weighted by Crippen LogP contribution is 2.17. The second kappa shape index (κ2) is 6.68. The van der Waals surface area contributed by atoms with E-state index in [-0.39, 0.29) is 18.4 Å². The molecule has 1 saturated heterocycles. The summed E-state index contributed by atoms with van der Waals surface area (Å²) in [4.78, 5) is 12.0. The lowest BCUT2D eigenvalue weighted by Crippen LogP contribution is -2.41. The number of hydrogen-bond acceptors (Lipinski definition) is 3. The molecule has 1 aliphatic heterocycles. The van der Waals surface area contributed by atoms with Crippen LogP contribution in [0.4, 0.5) is 0 Å². The summed E-state index contributed by atoms with van der Waals surface area (Å²) in [5.41, 5.74) is 1.92. The third kappa shape index (κ3) is 3.78. The van der Waals surface area contributed by atoms with Gasteiger partial charge in [0.05, 0.1) is 12.0 Å². The maximum absolute atomic E-state index is 12.0. The molecule has 0 spiro atoms. The molecule has 0 bridgehead atoms. The Morgan fingerprint density at radius 3 is 3.00 bits per heavy atom. The van der Waals surface area contributed by atoms with Gasteiger partial charge in [-0.2, -0.15) is 0 Å². The van der Waals surface area contributed by atoms with Gasteiger partial charge in [0, 0.05) is 13.1 Å².